The highest BCUT2D eigenvalue weighted by Crippen LogP contribution is 2.48. The van der Waals surface area contributed by atoms with Gasteiger partial charge in [-0.2, -0.15) is 4.39 Å². The lowest BCUT2D eigenvalue weighted by Gasteiger charge is -2.45. The highest BCUT2D eigenvalue weighted by Gasteiger charge is 2.49. The minimum Gasteiger partial charge on any atom is -0.455 e. The Kier molecular flexibility index (Phi) is 6.91. The number of anilines is 9. The van der Waals surface area contributed by atoms with E-state index in [1.54, 1.807) is 11.0 Å². The summed E-state index contributed by atoms with van der Waals surface area (Å²) in [6.07, 6.45) is 0. The summed E-state index contributed by atoms with van der Waals surface area (Å²) in [5.74, 6) is -4.02. The summed E-state index contributed by atoms with van der Waals surface area (Å²) in [5.41, 5.74) is 9.97. The Morgan fingerprint density at radius 2 is 0.845 bits per heavy atom. The molecular weight excluding hydrogens is 732 g/mol. The van der Waals surface area contributed by atoms with Gasteiger partial charge in [-0.25, -0.2) is 13.2 Å². The van der Waals surface area contributed by atoms with Gasteiger partial charge in [0, 0.05) is 69.2 Å². The molecule has 274 valence electrons. The molecule has 8 aromatic rings. The van der Waals surface area contributed by atoms with Crippen molar-refractivity contribution in [1.82, 2.24) is 0 Å². The van der Waals surface area contributed by atoms with E-state index in [9.17, 15) is 0 Å². The van der Waals surface area contributed by atoms with Crippen LogP contribution >= 0.6 is 0 Å². The van der Waals surface area contributed by atoms with Crippen molar-refractivity contribution in [3.63, 3.8) is 0 Å². The number of hydrogen-bond donors (Lipinski definition) is 0. The first-order chi connectivity index (χ1) is 28.5. The van der Waals surface area contributed by atoms with Crippen molar-refractivity contribution in [1.29, 1.82) is 0 Å². The Bertz CT molecular complexity index is 3030. The summed E-state index contributed by atoms with van der Waals surface area (Å²) < 4.78 is 71.8. The number of para-hydroxylation sites is 5. The van der Waals surface area contributed by atoms with Gasteiger partial charge in [-0.05, 0) is 75.8 Å². The van der Waals surface area contributed by atoms with Crippen LogP contribution in [0.1, 0.15) is 0 Å². The first kappa shape index (κ1) is 33.0. The summed E-state index contributed by atoms with van der Waals surface area (Å²) in [6.45, 7) is -1.09. The Hall–Kier alpha value is -7.19. The number of fused-ring (bicyclic) bond motifs is 8. The molecule has 4 heterocycles. The molecule has 0 bridgehead atoms. The van der Waals surface area contributed by atoms with E-state index in [0.29, 0.717) is 39.4 Å². The second kappa shape index (κ2) is 12.2. The standard InChI is InChI=1S/C48H27B2F4N3O/c51-35-25-40-43-47(45(35)53)57(30-18-8-3-9-19-30)39-27-42-34(24-33(39)49(43)31-20-10-12-22-37(31)55(40)28-14-4-1-5-15-28)50-32-21-11-13-23-38(32)56(29-16-6-2-7-17-29)41-26-36(52)46(54)48(58-42)44(41)50/h1-27H. The number of hydrogen-bond acceptors (Lipinski definition) is 4. The van der Waals surface area contributed by atoms with Crippen LogP contribution in [0.2, 0.25) is 0 Å². The molecule has 4 aliphatic heterocycles. The SMILES string of the molecule is Fc1cc2c3c(c1F)Oc1cc4c(cc1B3c1ccccc1N2c1ccccc1)B1c2ccccc2N(c2ccccc2)c2cc(F)c(F)c(c21)N4c1ccccc1. The van der Waals surface area contributed by atoms with Gasteiger partial charge in [-0.1, -0.05) is 97.1 Å². The molecule has 0 saturated carbocycles. The second-order valence-corrected chi connectivity index (χ2v) is 14.9. The molecule has 0 spiro atoms. The number of ether oxygens (including phenoxy) is 1. The maximum atomic E-state index is 16.9. The monoisotopic (exact) mass is 759 g/mol. The van der Waals surface area contributed by atoms with E-state index in [1.807, 2.05) is 149 Å². The second-order valence-electron chi connectivity index (χ2n) is 14.9. The van der Waals surface area contributed by atoms with Gasteiger partial charge in [0.15, 0.2) is 23.2 Å². The maximum Gasteiger partial charge on any atom is 0.256 e. The third-order valence-corrected chi connectivity index (χ3v) is 11.9. The van der Waals surface area contributed by atoms with Crippen LogP contribution in [0.15, 0.2) is 164 Å². The highest BCUT2D eigenvalue weighted by atomic mass is 19.2. The maximum absolute atomic E-state index is 16.9. The van der Waals surface area contributed by atoms with Crippen molar-refractivity contribution in [3.05, 3.63) is 187 Å². The summed E-state index contributed by atoms with van der Waals surface area (Å²) >= 11 is 0. The van der Waals surface area contributed by atoms with Crippen molar-refractivity contribution in [2.75, 3.05) is 14.7 Å². The average molecular weight is 759 g/mol. The van der Waals surface area contributed by atoms with E-state index < -0.39 is 36.7 Å². The number of nitrogens with zero attached hydrogens (tertiary/aromatic N) is 3. The summed E-state index contributed by atoms with van der Waals surface area (Å²) in [5, 5.41) is 0. The fourth-order valence-corrected chi connectivity index (χ4v) is 9.69. The van der Waals surface area contributed by atoms with E-state index in [2.05, 4.69) is 6.07 Å². The van der Waals surface area contributed by atoms with Crippen molar-refractivity contribution in [2.45, 2.75) is 0 Å². The van der Waals surface area contributed by atoms with Gasteiger partial charge < -0.3 is 19.4 Å². The van der Waals surface area contributed by atoms with Crippen LogP contribution in [-0.4, -0.2) is 13.4 Å². The molecule has 0 atom stereocenters. The Morgan fingerprint density at radius 1 is 0.379 bits per heavy atom. The lowest BCUT2D eigenvalue weighted by Crippen LogP contribution is -2.64. The lowest BCUT2D eigenvalue weighted by molar-refractivity contribution is 0.420. The van der Waals surface area contributed by atoms with E-state index in [4.69, 9.17) is 4.74 Å². The third kappa shape index (κ3) is 4.42. The molecule has 0 radical (unpaired) electrons. The van der Waals surface area contributed by atoms with E-state index in [-0.39, 0.29) is 11.4 Å². The van der Waals surface area contributed by atoms with Crippen molar-refractivity contribution >= 4 is 97.4 Å². The van der Waals surface area contributed by atoms with Crippen LogP contribution in [0, 0.1) is 23.3 Å². The molecule has 4 aliphatic rings. The first-order valence-electron chi connectivity index (χ1n) is 19.1. The van der Waals surface area contributed by atoms with Gasteiger partial charge in [0.2, 0.25) is 5.82 Å². The van der Waals surface area contributed by atoms with Gasteiger partial charge in [-0.15, -0.1) is 0 Å². The fraction of sp³-hybridized carbons (Fsp3) is 0. The number of rotatable bonds is 3. The smallest absolute Gasteiger partial charge is 0.256 e. The zero-order valence-electron chi connectivity index (χ0n) is 30.5. The van der Waals surface area contributed by atoms with Crippen LogP contribution in [0.3, 0.4) is 0 Å². The Balaban J connectivity index is 1.18. The van der Waals surface area contributed by atoms with Crippen LogP contribution in [-0.2, 0) is 0 Å². The molecule has 0 aromatic heterocycles. The first-order valence-corrected chi connectivity index (χ1v) is 19.1. The van der Waals surface area contributed by atoms with E-state index >= 15 is 17.6 Å². The summed E-state index contributed by atoms with van der Waals surface area (Å²) in [4.78, 5) is 5.68. The molecule has 0 saturated heterocycles. The van der Waals surface area contributed by atoms with Gasteiger partial charge >= 0.3 is 0 Å². The summed E-state index contributed by atoms with van der Waals surface area (Å²) in [7, 11) is 0. The third-order valence-electron chi connectivity index (χ3n) is 11.9. The molecule has 0 aliphatic carbocycles. The van der Waals surface area contributed by atoms with Gasteiger partial charge in [-0.3, -0.25) is 0 Å². The summed E-state index contributed by atoms with van der Waals surface area (Å²) in [6, 6.07) is 50.8. The van der Waals surface area contributed by atoms with Crippen LogP contribution < -0.4 is 52.2 Å². The quantitative estimate of drug-likeness (QED) is 0.133. The molecule has 58 heavy (non-hydrogen) atoms. The largest absolute Gasteiger partial charge is 0.455 e. The Morgan fingerprint density at radius 3 is 1.41 bits per heavy atom. The average Bonchev–Trinajstić information content (AvgIpc) is 3.27. The molecule has 8 aromatic carbocycles. The van der Waals surface area contributed by atoms with Gasteiger partial charge in [0.25, 0.3) is 13.4 Å². The lowest BCUT2D eigenvalue weighted by atomic mass is 9.30. The predicted octanol–water partition coefficient (Wildman–Crippen LogP) is 8.73. The normalized spacial score (nSPS) is 13.8. The molecule has 0 N–H and O–H groups in total. The molecule has 0 fully saturated rings. The topological polar surface area (TPSA) is 19.0 Å². The molecule has 0 unspecified atom stereocenters. The van der Waals surface area contributed by atoms with Gasteiger partial charge in [0.1, 0.15) is 5.75 Å². The van der Waals surface area contributed by atoms with Crippen LogP contribution in [0.5, 0.6) is 11.5 Å². The molecule has 4 nitrogen and oxygen atoms in total. The van der Waals surface area contributed by atoms with Crippen molar-refractivity contribution in [2.24, 2.45) is 0 Å². The molecular formula is C48H27B2F4N3O. The minimum atomic E-state index is -1.09. The van der Waals surface area contributed by atoms with Crippen molar-refractivity contribution in [3.8, 4) is 11.5 Å². The number of benzene rings is 8. The van der Waals surface area contributed by atoms with Crippen LogP contribution in [0.25, 0.3) is 0 Å². The zero-order chi connectivity index (χ0) is 38.8. The van der Waals surface area contributed by atoms with Crippen LogP contribution in [0.4, 0.5) is 68.7 Å². The fourth-order valence-electron chi connectivity index (χ4n) is 9.69. The van der Waals surface area contributed by atoms with E-state index in [0.717, 1.165) is 44.6 Å². The van der Waals surface area contributed by atoms with Crippen molar-refractivity contribution < 1.29 is 22.3 Å². The van der Waals surface area contributed by atoms with Gasteiger partial charge in [0.05, 0.1) is 5.69 Å². The molecule has 10 heteroatoms. The number of halogens is 4. The zero-order valence-corrected chi connectivity index (χ0v) is 30.5. The Labute approximate surface area is 332 Å². The predicted molar refractivity (Wildman–Crippen MR) is 226 cm³/mol. The molecule has 0 amide bonds. The molecule has 12 rings (SSSR count). The minimum absolute atomic E-state index is 0.0753. The highest BCUT2D eigenvalue weighted by molar-refractivity contribution is 7.02. The van der Waals surface area contributed by atoms with E-state index in [1.165, 1.54) is 12.1 Å².